The van der Waals surface area contributed by atoms with E-state index in [1.54, 1.807) is 7.11 Å². The number of halogens is 1. The Labute approximate surface area is 154 Å². The van der Waals surface area contributed by atoms with Crippen LogP contribution in [0.2, 0.25) is 5.02 Å². The molecule has 138 valence electrons. The highest BCUT2D eigenvalue weighted by Crippen LogP contribution is 2.27. The number of methoxy groups -OCH3 is 1. The fourth-order valence-electron chi connectivity index (χ4n) is 3.09. The minimum atomic E-state index is 0.0445. The second-order valence-corrected chi connectivity index (χ2v) is 6.86. The molecule has 1 aromatic carbocycles. The lowest BCUT2D eigenvalue weighted by molar-refractivity contribution is -0.133. The summed E-state index contributed by atoms with van der Waals surface area (Å²) in [6, 6.07) is 3.67. The normalized spacial score (nSPS) is 15.0. The lowest BCUT2D eigenvalue weighted by Crippen LogP contribution is -2.37. The topological polar surface area (TPSA) is 49.9 Å². The number of carbonyl (C=O) groups excluding carboxylic acids is 2. The summed E-state index contributed by atoms with van der Waals surface area (Å²) in [7, 11) is 1.60. The maximum absolute atomic E-state index is 12.7. The van der Waals surface area contributed by atoms with Gasteiger partial charge < -0.3 is 14.5 Å². The van der Waals surface area contributed by atoms with Crippen LogP contribution in [0.25, 0.3) is 0 Å². The van der Waals surface area contributed by atoms with E-state index in [2.05, 4.69) is 0 Å². The Hall–Kier alpha value is -1.75. The van der Waals surface area contributed by atoms with Gasteiger partial charge in [0.25, 0.3) is 0 Å². The molecule has 2 amide bonds. The van der Waals surface area contributed by atoms with Crippen LogP contribution in [-0.2, 0) is 16.0 Å². The second kappa shape index (κ2) is 9.09. The third-order valence-electron chi connectivity index (χ3n) is 4.57. The summed E-state index contributed by atoms with van der Waals surface area (Å²) in [5, 5.41) is 0.635. The molecule has 0 aromatic heterocycles. The summed E-state index contributed by atoms with van der Waals surface area (Å²) in [4.78, 5) is 28.5. The van der Waals surface area contributed by atoms with E-state index in [4.69, 9.17) is 16.3 Å². The molecule has 1 fully saturated rings. The van der Waals surface area contributed by atoms with Gasteiger partial charge in [0.05, 0.1) is 13.5 Å². The molecule has 25 heavy (non-hydrogen) atoms. The molecule has 1 aliphatic rings. The second-order valence-electron chi connectivity index (χ2n) is 6.46. The van der Waals surface area contributed by atoms with Crippen molar-refractivity contribution >= 4 is 23.4 Å². The molecule has 0 unspecified atom stereocenters. The highest BCUT2D eigenvalue weighted by atomic mass is 35.5. The number of hydrogen-bond acceptors (Lipinski definition) is 3. The number of amides is 2. The minimum Gasteiger partial charge on any atom is -0.496 e. The molecule has 0 N–H and O–H groups in total. The van der Waals surface area contributed by atoms with Crippen molar-refractivity contribution in [1.29, 1.82) is 0 Å². The molecule has 1 heterocycles. The van der Waals surface area contributed by atoms with Crippen molar-refractivity contribution in [2.45, 2.75) is 39.5 Å². The van der Waals surface area contributed by atoms with E-state index in [0.717, 1.165) is 30.5 Å². The van der Waals surface area contributed by atoms with Crippen molar-refractivity contribution in [2.75, 3.05) is 33.3 Å². The molecule has 0 bridgehead atoms. The van der Waals surface area contributed by atoms with E-state index in [0.29, 0.717) is 36.8 Å². The van der Waals surface area contributed by atoms with Gasteiger partial charge in [-0.1, -0.05) is 18.5 Å². The van der Waals surface area contributed by atoms with Crippen LogP contribution in [-0.4, -0.2) is 54.9 Å². The molecule has 0 spiro atoms. The number of nitrogens with zero attached hydrogens (tertiary/aromatic N) is 2. The van der Waals surface area contributed by atoms with Gasteiger partial charge in [0.2, 0.25) is 11.8 Å². The summed E-state index contributed by atoms with van der Waals surface area (Å²) in [6.07, 6.45) is 2.50. The van der Waals surface area contributed by atoms with Crippen LogP contribution in [0, 0.1) is 6.92 Å². The van der Waals surface area contributed by atoms with Gasteiger partial charge in [-0.3, -0.25) is 9.59 Å². The molecule has 0 saturated carbocycles. The van der Waals surface area contributed by atoms with Crippen LogP contribution >= 0.6 is 11.6 Å². The maximum Gasteiger partial charge on any atom is 0.227 e. The van der Waals surface area contributed by atoms with Crippen molar-refractivity contribution < 1.29 is 14.3 Å². The van der Waals surface area contributed by atoms with Gasteiger partial charge in [0.1, 0.15) is 5.75 Å². The van der Waals surface area contributed by atoms with E-state index in [9.17, 15) is 9.59 Å². The highest BCUT2D eigenvalue weighted by Gasteiger charge is 2.22. The quantitative estimate of drug-likeness (QED) is 0.804. The third-order valence-corrected chi connectivity index (χ3v) is 4.98. The van der Waals surface area contributed by atoms with Crippen LogP contribution < -0.4 is 4.74 Å². The van der Waals surface area contributed by atoms with E-state index >= 15 is 0 Å². The number of ether oxygens (including phenoxy) is 1. The molecule has 0 aliphatic carbocycles. The molecule has 1 aliphatic heterocycles. The maximum atomic E-state index is 12.7. The summed E-state index contributed by atoms with van der Waals surface area (Å²) >= 11 is 6.20. The average Bonchev–Trinajstić information content (AvgIpc) is 2.84. The fraction of sp³-hybridized carbons (Fsp3) is 0.579. The Morgan fingerprint density at radius 3 is 2.36 bits per heavy atom. The predicted molar refractivity (Wildman–Crippen MR) is 99.1 cm³/mol. The van der Waals surface area contributed by atoms with Gasteiger partial charge in [-0.25, -0.2) is 0 Å². The number of rotatable bonds is 5. The number of hydrogen-bond donors (Lipinski definition) is 0. The monoisotopic (exact) mass is 366 g/mol. The van der Waals surface area contributed by atoms with Crippen LogP contribution in [0.15, 0.2) is 12.1 Å². The molecule has 0 atom stereocenters. The molecule has 5 nitrogen and oxygen atoms in total. The van der Waals surface area contributed by atoms with Crippen LogP contribution in [0.5, 0.6) is 5.75 Å². The zero-order chi connectivity index (χ0) is 18.4. The average molecular weight is 367 g/mol. The summed E-state index contributed by atoms with van der Waals surface area (Å²) in [5.41, 5.74) is 1.72. The van der Waals surface area contributed by atoms with Crippen LogP contribution in [0.3, 0.4) is 0 Å². The van der Waals surface area contributed by atoms with Gasteiger partial charge in [-0.05, 0) is 37.5 Å². The van der Waals surface area contributed by atoms with Crippen LogP contribution in [0.4, 0.5) is 0 Å². The molecule has 2 rings (SSSR count). The van der Waals surface area contributed by atoms with Crippen LogP contribution in [0.1, 0.15) is 37.3 Å². The summed E-state index contributed by atoms with van der Waals surface area (Å²) in [6.45, 7) is 6.50. The Morgan fingerprint density at radius 2 is 1.76 bits per heavy atom. The number of aryl methyl sites for hydroxylation is 1. The summed E-state index contributed by atoms with van der Waals surface area (Å²) < 4.78 is 5.39. The molecule has 1 aromatic rings. The molecule has 1 saturated heterocycles. The van der Waals surface area contributed by atoms with E-state index in [1.807, 2.05) is 35.8 Å². The molecular weight excluding hydrogens is 340 g/mol. The van der Waals surface area contributed by atoms with Crippen molar-refractivity contribution in [2.24, 2.45) is 0 Å². The van der Waals surface area contributed by atoms with E-state index in [-0.39, 0.29) is 18.2 Å². The Bertz CT molecular complexity index is 633. The Balaban J connectivity index is 2.02. The summed E-state index contributed by atoms with van der Waals surface area (Å²) in [5.74, 6) is 0.914. The third kappa shape index (κ3) is 5.11. The van der Waals surface area contributed by atoms with E-state index < -0.39 is 0 Å². The van der Waals surface area contributed by atoms with Gasteiger partial charge in [-0.2, -0.15) is 0 Å². The molecule has 6 heteroatoms. The predicted octanol–water partition coefficient (Wildman–Crippen LogP) is 3.06. The Kier molecular flexibility index (Phi) is 7.12. The smallest absolute Gasteiger partial charge is 0.227 e. The van der Waals surface area contributed by atoms with Gasteiger partial charge >= 0.3 is 0 Å². The molecular formula is C19H27ClN2O3. The van der Waals surface area contributed by atoms with Gasteiger partial charge in [0, 0.05) is 43.2 Å². The Morgan fingerprint density at radius 1 is 1.12 bits per heavy atom. The first-order chi connectivity index (χ1) is 12.0. The largest absolute Gasteiger partial charge is 0.496 e. The van der Waals surface area contributed by atoms with E-state index in [1.165, 1.54) is 0 Å². The zero-order valence-corrected chi connectivity index (χ0v) is 16.1. The van der Waals surface area contributed by atoms with Crippen molar-refractivity contribution in [3.63, 3.8) is 0 Å². The molecule has 0 radical (unpaired) electrons. The minimum absolute atomic E-state index is 0.0445. The van der Waals surface area contributed by atoms with Crippen molar-refractivity contribution in [3.8, 4) is 5.75 Å². The van der Waals surface area contributed by atoms with Crippen molar-refractivity contribution in [3.05, 3.63) is 28.3 Å². The first kappa shape index (κ1) is 19.6. The SMILES string of the molecule is CCCC(=O)N1CCCN(C(=O)Cc2cc(Cl)c(C)cc2OC)CC1. The number of carbonyl (C=O) groups is 2. The van der Waals surface area contributed by atoms with Gasteiger partial charge in [0.15, 0.2) is 0 Å². The number of benzene rings is 1. The standard InChI is InChI=1S/C19H27ClN2O3/c1-4-6-18(23)21-7-5-8-22(10-9-21)19(24)13-15-12-16(20)14(2)11-17(15)25-3/h11-12H,4-10,13H2,1-3H3. The first-order valence-electron chi connectivity index (χ1n) is 8.84. The fourth-order valence-corrected chi connectivity index (χ4v) is 3.27. The van der Waals surface area contributed by atoms with Gasteiger partial charge in [-0.15, -0.1) is 0 Å². The lowest BCUT2D eigenvalue weighted by atomic mass is 10.1. The zero-order valence-electron chi connectivity index (χ0n) is 15.3. The lowest BCUT2D eigenvalue weighted by Gasteiger charge is -2.22. The highest BCUT2D eigenvalue weighted by molar-refractivity contribution is 6.31. The first-order valence-corrected chi connectivity index (χ1v) is 9.22. The van der Waals surface area contributed by atoms with Crippen molar-refractivity contribution in [1.82, 2.24) is 9.80 Å².